The summed E-state index contributed by atoms with van der Waals surface area (Å²) in [6, 6.07) is -0.130. The van der Waals surface area contributed by atoms with Gasteiger partial charge < -0.3 is 20.6 Å². The zero-order chi connectivity index (χ0) is 19.7. The molecule has 5 fully saturated rings. The molecule has 0 unspecified atom stereocenters. The van der Waals surface area contributed by atoms with Crippen molar-refractivity contribution in [3.8, 4) is 0 Å². The van der Waals surface area contributed by atoms with E-state index in [4.69, 9.17) is 5.11 Å². The van der Waals surface area contributed by atoms with E-state index in [0.717, 1.165) is 49.9 Å². The lowest BCUT2D eigenvalue weighted by Gasteiger charge is -2.56. The number of carboxylic acids is 1. The van der Waals surface area contributed by atoms with Crippen molar-refractivity contribution in [2.24, 2.45) is 23.7 Å². The summed E-state index contributed by atoms with van der Waals surface area (Å²) < 4.78 is 0. The minimum absolute atomic E-state index is 0.00509. The van der Waals surface area contributed by atoms with Crippen LogP contribution in [0, 0.1) is 23.7 Å². The summed E-state index contributed by atoms with van der Waals surface area (Å²) in [4.78, 5) is 37.4. The third-order valence-corrected chi connectivity index (χ3v) is 7.47. The molecule has 7 nitrogen and oxygen atoms in total. The second kappa shape index (κ2) is 7.91. The van der Waals surface area contributed by atoms with Crippen LogP contribution >= 0.6 is 0 Å². The fourth-order valence-electron chi connectivity index (χ4n) is 6.62. The van der Waals surface area contributed by atoms with Gasteiger partial charge in [-0.1, -0.05) is 0 Å². The van der Waals surface area contributed by atoms with Crippen molar-refractivity contribution >= 4 is 17.9 Å². The smallest absolute Gasteiger partial charge is 0.315 e. The molecule has 0 spiro atoms. The fourth-order valence-corrected chi connectivity index (χ4v) is 6.62. The molecular weight excluding hydrogens is 358 g/mol. The molecule has 7 heteroatoms. The Morgan fingerprint density at radius 1 is 0.964 bits per heavy atom. The number of carbonyl (C=O) groups is 3. The summed E-state index contributed by atoms with van der Waals surface area (Å²) in [6.45, 7) is 1.60. The molecule has 5 aliphatic rings. The number of hydrogen-bond acceptors (Lipinski definition) is 3. The van der Waals surface area contributed by atoms with Gasteiger partial charge in [-0.05, 0) is 75.0 Å². The first-order chi connectivity index (χ1) is 13.4. The number of piperidine rings is 1. The van der Waals surface area contributed by atoms with Crippen molar-refractivity contribution in [1.29, 1.82) is 0 Å². The van der Waals surface area contributed by atoms with E-state index in [-0.39, 0.29) is 29.8 Å². The van der Waals surface area contributed by atoms with Gasteiger partial charge >= 0.3 is 12.0 Å². The molecule has 0 atom stereocenters. The van der Waals surface area contributed by atoms with Gasteiger partial charge in [-0.3, -0.25) is 9.59 Å². The molecule has 28 heavy (non-hydrogen) atoms. The van der Waals surface area contributed by atoms with E-state index in [1.54, 1.807) is 4.90 Å². The molecule has 4 bridgehead atoms. The predicted molar refractivity (Wildman–Crippen MR) is 104 cm³/mol. The highest BCUT2D eigenvalue weighted by Crippen LogP contribution is 2.55. The monoisotopic (exact) mass is 391 g/mol. The second-order valence-corrected chi connectivity index (χ2v) is 9.75. The number of nitrogens with one attached hydrogen (secondary N) is 2. The van der Waals surface area contributed by atoms with Gasteiger partial charge in [-0.15, -0.1) is 0 Å². The maximum atomic E-state index is 12.4. The predicted octanol–water partition coefficient (Wildman–Crippen LogP) is 2.36. The number of hydrogen-bond donors (Lipinski definition) is 3. The summed E-state index contributed by atoms with van der Waals surface area (Å²) in [7, 11) is 0. The van der Waals surface area contributed by atoms with Gasteiger partial charge in [-0.2, -0.15) is 0 Å². The molecule has 5 rings (SSSR count). The second-order valence-electron chi connectivity index (χ2n) is 9.75. The van der Waals surface area contributed by atoms with Crippen molar-refractivity contribution in [3.63, 3.8) is 0 Å². The van der Waals surface area contributed by atoms with Crippen molar-refractivity contribution < 1.29 is 19.5 Å². The summed E-state index contributed by atoms with van der Waals surface area (Å²) in [5, 5.41) is 15.0. The van der Waals surface area contributed by atoms with Crippen LogP contribution in [-0.2, 0) is 9.59 Å². The minimum atomic E-state index is -0.765. The topological polar surface area (TPSA) is 98.7 Å². The first-order valence-electron chi connectivity index (χ1n) is 11.0. The van der Waals surface area contributed by atoms with Crippen molar-refractivity contribution in [3.05, 3.63) is 0 Å². The number of amides is 3. The maximum Gasteiger partial charge on any atom is 0.315 e. The number of likely N-dealkylation sites (tertiary alicyclic amines) is 1. The van der Waals surface area contributed by atoms with Crippen LogP contribution in [0.3, 0.4) is 0 Å². The maximum absolute atomic E-state index is 12.4. The summed E-state index contributed by atoms with van der Waals surface area (Å²) in [5.41, 5.74) is -0.00509. The lowest BCUT2D eigenvalue weighted by atomic mass is 9.53. The number of carbonyl (C=O) groups excluding carboxylic acids is 2. The van der Waals surface area contributed by atoms with Crippen LogP contribution < -0.4 is 10.6 Å². The molecule has 0 aromatic heterocycles. The molecule has 1 aliphatic heterocycles. The van der Waals surface area contributed by atoms with Crippen LogP contribution in [0.5, 0.6) is 0 Å². The Morgan fingerprint density at radius 2 is 1.54 bits per heavy atom. The SMILES string of the molecule is O=C(O)CC1CCN(C(=O)CCNC(=O)NC23CC4CC(CC(C4)C2)C3)CC1. The van der Waals surface area contributed by atoms with Gasteiger partial charge in [0.2, 0.25) is 5.91 Å². The largest absolute Gasteiger partial charge is 0.481 e. The number of aliphatic carboxylic acids is 1. The van der Waals surface area contributed by atoms with E-state index in [9.17, 15) is 14.4 Å². The van der Waals surface area contributed by atoms with Crippen molar-refractivity contribution in [2.45, 2.75) is 69.7 Å². The van der Waals surface area contributed by atoms with Gasteiger partial charge in [-0.25, -0.2) is 4.79 Å². The van der Waals surface area contributed by atoms with Crippen LogP contribution in [0.4, 0.5) is 4.79 Å². The molecule has 156 valence electrons. The standard InChI is InChI=1S/C21H33N3O4/c25-18(24-5-2-14(3-6-24)10-19(26)27)1-4-22-20(28)23-21-11-15-7-16(12-21)9-17(8-15)13-21/h14-17H,1-13H2,(H,26,27)(H2,22,23,28). The Kier molecular flexibility index (Phi) is 5.52. The molecule has 4 saturated carbocycles. The molecule has 4 aliphatic carbocycles. The minimum Gasteiger partial charge on any atom is -0.481 e. The first-order valence-corrected chi connectivity index (χ1v) is 11.0. The zero-order valence-corrected chi connectivity index (χ0v) is 16.6. The highest BCUT2D eigenvalue weighted by atomic mass is 16.4. The van der Waals surface area contributed by atoms with Crippen LogP contribution in [-0.4, -0.2) is 53.1 Å². The van der Waals surface area contributed by atoms with Crippen LogP contribution in [0.15, 0.2) is 0 Å². The molecule has 1 saturated heterocycles. The van der Waals surface area contributed by atoms with Gasteiger partial charge in [0.25, 0.3) is 0 Å². The van der Waals surface area contributed by atoms with E-state index in [0.29, 0.717) is 26.1 Å². The van der Waals surface area contributed by atoms with E-state index < -0.39 is 5.97 Å². The van der Waals surface area contributed by atoms with Crippen molar-refractivity contribution in [2.75, 3.05) is 19.6 Å². The molecule has 3 N–H and O–H groups in total. The molecule has 0 aromatic carbocycles. The number of rotatable bonds is 6. The van der Waals surface area contributed by atoms with Crippen molar-refractivity contribution in [1.82, 2.24) is 15.5 Å². The number of urea groups is 1. The van der Waals surface area contributed by atoms with E-state index in [2.05, 4.69) is 10.6 Å². The molecule has 0 radical (unpaired) electrons. The molecule has 0 aromatic rings. The normalized spacial score (nSPS) is 34.3. The van der Waals surface area contributed by atoms with Gasteiger partial charge in [0, 0.05) is 38.0 Å². The fraction of sp³-hybridized carbons (Fsp3) is 0.857. The third-order valence-electron chi connectivity index (χ3n) is 7.47. The van der Waals surface area contributed by atoms with E-state index >= 15 is 0 Å². The Labute approximate surface area is 166 Å². The summed E-state index contributed by atoms with van der Waals surface area (Å²) in [6.07, 6.45) is 9.40. The molecular formula is C21H33N3O4. The van der Waals surface area contributed by atoms with Gasteiger partial charge in [0.1, 0.15) is 0 Å². The Bertz CT molecular complexity index is 592. The summed E-state index contributed by atoms with van der Waals surface area (Å²) in [5.74, 6) is 1.82. The highest BCUT2D eigenvalue weighted by Gasteiger charge is 2.51. The Hall–Kier alpha value is -1.79. The number of nitrogens with zero attached hydrogens (tertiary/aromatic N) is 1. The molecule has 3 amide bonds. The number of carboxylic acid groups (broad SMARTS) is 1. The lowest BCUT2D eigenvalue weighted by molar-refractivity contribution is -0.138. The van der Waals surface area contributed by atoms with Crippen LogP contribution in [0.2, 0.25) is 0 Å². The Morgan fingerprint density at radius 3 is 2.07 bits per heavy atom. The van der Waals surface area contributed by atoms with E-state index in [1.807, 2.05) is 0 Å². The van der Waals surface area contributed by atoms with Crippen LogP contribution in [0.1, 0.15) is 64.2 Å². The average molecular weight is 392 g/mol. The van der Waals surface area contributed by atoms with Gasteiger partial charge in [0.05, 0.1) is 0 Å². The zero-order valence-electron chi connectivity index (χ0n) is 16.6. The highest BCUT2D eigenvalue weighted by molar-refractivity contribution is 5.78. The quantitative estimate of drug-likeness (QED) is 0.647. The van der Waals surface area contributed by atoms with Gasteiger partial charge in [0.15, 0.2) is 0 Å². The van der Waals surface area contributed by atoms with Crippen LogP contribution in [0.25, 0.3) is 0 Å². The average Bonchev–Trinajstić information content (AvgIpc) is 2.60. The molecule has 1 heterocycles. The van der Waals surface area contributed by atoms with E-state index in [1.165, 1.54) is 19.3 Å². The summed E-state index contributed by atoms with van der Waals surface area (Å²) >= 11 is 0. The lowest BCUT2D eigenvalue weighted by Crippen LogP contribution is -2.61. The Balaban J connectivity index is 1.16. The third kappa shape index (κ3) is 4.44. The first kappa shape index (κ1) is 19.5.